The second-order valence-electron chi connectivity index (χ2n) is 6.49. The number of rotatable bonds is 2. The zero-order valence-corrected chi connectivity index (χ0v) is 12.7. The third-order valence-electron chi connectivity index (χ3n) is 5.21. The predicted octanol–water partition coefficient (Wildman–Crippen LogP) is 2.93. The summed E-state index contributed by atoms with van der Waals surface area (Å²) in [6.45, 7) is 0. The number of urea groups is 1. The fraction of sp³-hybridized carbons (Fsp3) is 0.467. The van der Waals surface area contributed by atoms with Crippen LogP contribution in [-0.2, 0) is 11.0 Å². The molecule has 1 aromatic carbocycles. The number of nitrogens with zero attached hydrogens (tertiary/aromatic N) is 3. The molecular formula is C15H12F3N3O4. The van der Waals surface area contributed by atoms with E-state index in [1.165, 1.54) is 4.90 Å². The largest absolute Gasteiger partial charge is 0.423 e. The maximum Gasteiger partial charge on any atom is 0.423 e. The SMILES string of the molecule is O=C1[C@H]2[C@@H]3CC[C@@H](C3)N2C(=O)N1c1ccc([N+](=O)[O-])c(C(F)(F)F)c1. The number of carbonyl (C=O) groups is 2. The van der Waals surface area contributed by atoms with Crippen molar-refractivity contribution < 1.29 is 27.7 Å². The highest BCUT2D eigenvalue weighted by Gasteiger charge is 2.59. The summed E-state index contributed by atoms with van der Waals surface area (Å²) in [6, 6.07) is 0.846. The van der Waals surface area contributed by atoms with E-state index >= 15 is 0 Å². The normalized spacial score (nSPS) is 28.0. The highest BCUT2D eigenvalue weighted by molar-refractivity contribution is 6.22. The molecule has 4 rings (SSSR count). The van der Waals surface area contributed by atoms with Crippen LogP contribution in [-0.4, -0.2) is 33.8 Å². The van der Waals surface area contributed by atoms with Crippen molar-refractivity contribution in [2.75, 3.05) is 4.90 Å². The summed E-state index contributed by atoms with van der Waals surface area (Å²) < 4.78 is 39.4. The quantitative estimate of drug-likeness (QED) is 0.464. The predicted molar refractivity (Wildman–Crippen MR) is 77.7 cm³/mol. The van der Waals surface area contributed by atoms with E-state index in [0.717, 1.165) is 25.3 Å². The number of fused-ring (bicyclic) bond motifs is 5. The summed E-state index contributed by atoms with van der Waals surface area (Å²) in [4.78, 5) is 37.1. The zero-order valence-electron chi connectivity index (χ0n) is 12.7. The molecule has 25 heavy (non-hydrogen) atoms. The highest BCUT2D eigenvalue weighted by Crippen LogP contribution is 2.48. The first-order valence-corrected chi connectivity index (χ1v) is 7.72. The van der Waals surface area contributed by atoms with E-state index in [1.54, 1.807) is 0 Å². The first kappa shape index (κ1) is 15.9. The van der Waals surface area contributed by atoms with E-state index in [4.69, 9.17) is 0 Å². The minimum atomic E-state index is -4.97. The van der Waals surface area contributed by atoms with Crippen molar-refractivity contribution in [3.63, 3.8) is 0 Å². The Morgan fingerprint density at radius 1 is 1.20 bits per heavy atom. The molecule has 0 N–H and O–H groups in total. The number of amides is 3. The number of anilines is 1. The Morgan fingerprint density at radius 3 is 2.52 bits per heavy atom. The standard InChI is InChI=1S/C15H12F3N3O4/c16-15(17,18)10-6-9(3-4-11(10)21(24)25)20-13(22)12-7-1-2-8(5-7)19(12)14(20)23/h3-4,6-8,12H,1-2,5H2/t7-,8+,12-/m1/s1. The zero-order chi connectivity index (χ0) is 18.1. The van der Waals surface area contributed by atoms with Gasteiger partial charge in [-0.15, -0.1) is 0 Å². The van der Waals surface area contributed by atoms with Crippen molar-refractivity contribution in [1.29, 1.82) is 0 Å². The van der Waals surface area contributed by atoms with Crippen molar-refractivity contribution in [2.45, 2.75) is 37.5 Å². The topological polar surface area (TPSA) is 83.8 Å². The van der Waals surface area contributed by atoms with Crippen LogP contribution in [0.25, 0.3) is 0 Å². The average molecular weight is 355 g/mol. The summed E-state index contributed by atoms with van der Waals surface area (Å²) in [5.74, 6) is -0.522. The van der Waals surface area contributed by atoms with Crippen molar-refractivity contribution >= 4 is 23.3 Å². The Balaban J connectivity index is 1.77. The van der Waals surface area contributed by atoms with Gasteiger partial charge in [0.2, 0.25) is 0 Å². The maximum atomic E-state index is 13.1. The van der Waals surface area contributed by atoms with Gasteiger partial charge in [-0.05, 0) is 37.3 Å². The van der Waals surface area contributed by atoms with Crippen LogP contribution >= 0.6 is 0 Å². The van der Waals surface area contributed by atoms with Gasteiger partial charge in [0.1, 0.15) is 11.6 Å². The van der Waals surface area contributed by atoms with Gasteiger partial charge in [-0.25, -0.2) is 9.69 Å². The van der Waals surface area contributed by atoms with Crippen molar-refractivity contribution in [1.82, 2.24) is 4.90 Å². The molecule has 7 nitrogen and oxygen atoms in total. The van der Waals surface area contributed by atoms with Crippen LogP contribution in [0.5, 0.6) is 0 Å². The lowest BCUT2D eigenvalue weighted by molar-refractivity contribution is -0.388. The number of hydrogen-bond acceptors (Lipinski definition) is 4. The van der Waals surface area contributed by atoms with E-state index in [1.807, 2.05) is 0 Å². The average Bonchev–Trinajstić information content (AvgIpc) is 3.20. The van der Waals surface area contributed by atoms with E-state index in [0.29, 0.717) is 17.0 Å². The van der Waals surface area contributed by atoms with Crippen LogP contribution < -0.4 is 4.90 Å². The molecule has 2 aliphatic heterocycles. The van der Waals surface area contributed by atoms with E-state index in [2.05, 4.69) is 0 Å². The van der Waals surface area contributed by atoms with Gasteiger partial charge in [-0.1, -0.05) is 0 Å². The summed E-state index contributed by atoms with van der Waals surface area (Å²) in [5, 5.41) is 10.8. The summed E-state index contributed by atoms with van der Waals surface area (Å²) in [6.07, 6.45) is -2.64. The van der Waals surface area contributed by atoms with Crippen LogP contribution in [0.1, 0.15) is 24.8 Å². The monoisotopic (exact) mass is 355 g/mol. The van der Waals surface area contributed by atoms with Gasteiger partial charge in [-0.2, -0.15) is 13.2 Å². The summed E-state index contributed by atoms with van der Waals surface area (Å²) >= 11 is 0. The lowest BCUT2D eigenvalue weighted by atomic mass is 9.99. The van der Waals surface area contributed by atoms with Crippen LogP contribution in [0, 0.1) is 16.0 Å². The van der Waals surface area contributed by atoms with Gasteiger partial charge >= 0.3 is 12.2 Å². The Labute approximate surface area is 139 Å². The number of halogens is 3. The number of benzene rings is 1. The Kier molecular flexibility index (Phi) is 3.13. The molecule has 0 unspecified atom stereocenters. The van der Waals surface area contributed by atoms with Crippen molar-refractivity contribution in [2.24, 2.45) is 5.92 Å². The molecule has 0 spiro atoms. The highest BCUT2D eigenvalue weighted by atomic mass is 19.4. The Hall–Kier alpha value is -2.65. The third-order valence-corrected chi connectivity index (χ3v) is 5.21. The lowest BCUT2D eigenvalue weighted by Gasteiger charge is -2.25. The van der Waals surface area contributed by atoms with Crippen LogP contribution in [0.15, 0.2) is 18.2 Å². The molecule has 2 heterocycles. The van der Waals surface area contributed by atoms with Gasteiger partial charge in [0.15, 0.2) is 0 Å². The van der Waals surface area contributed by atoms with Gasteiger partial charge in [-0.3, -0.25) is 14.9 Å². The fourth-order valence-electron chi connectivity index (χ4n) is 4.21. The van der Waals surface area contributed by atoms with E-state index in [-0.39, 0.29) is 17.6 Å². The van der Waals surface area contributed by atoms with E-state index in [9.17, 15) is 32.9 Å². The molecule has 3 amide bonds. The molecule has 132 valence electrons. The van der Waals surface area contributed by atoms with Crippen LogP contribution in [0.4, 0.5) is 29.3 Å². The number of alkyl halides is 3. The summed E-state index contributed by atoms with van der Waals surface area (Å²) in [7, 11) is 0. The molecule has 0 radical (unpaired) electrons. The van der Waals surface area contributed by atoms with Gasteiger partial charge in [0, 0.05) is 12.1 Å². The van der Waals surface area contributed by atoms with Gasteiger partial charge < -0.3 is 4.90 Å². The first-order chi connectivity index (χ1) is 11.7. The number of hydrogen-bond donors (Lipinski definition) is 0. The van der Waals surface area contributed by atoms with Crippen LogP contribution in [0.3, 0.4) is 0 Å². The third kappa shape index (κ3) is 2.12. The molecule has 2 saturated heterocycles. The second-order valence-corrected chi connectivity index (χ2v) is 6.49. The molecule has 3 aliphatic rings. The molecule has 0 aromatic heterocycles. The smallest absolute Gasteiger partial charge is 0.309 e. The van der Waals surface area contributed by atoms with Crippen molar-refractivity contribution in [3.8, 4) is 0 Å². The van der Waals surface area contributed by atoms with Gasteiger partial charge in [0.25, 0.3) is 11.6 Å². The molecule has 2 bridgehead atoms. The van der Waals surface area contributed by atoms with Crippen LogP contribution in [0.2, 0.25) is 0 Å². The molecular weight excluding hydrogens is 343 g/mol. The second kappa shape index (κ2) is 4.93. The number of nitro groups is 1. The minimum absolute atomic E-state index is 0.0339. The number of carbonyl (C=O) groups excluding carboxylic acids is 2. The Bertz CT molecular complexity index is 782. The van der Waals surface area contributed by atoms with Gasteiger partial charge in [0.05, 0.1) is 10.6 Å². The minimum Gasteiger partial charge on any atom is -0.309 e. The number of nitro benzene ring substituents is 1. The number of piperidine rings is 1. The molecule has 1 aromatic rings. The molecule has 1 aliphatic carbocycles. The first-order valence-electron chi connectivity index (χ1n) is 7.72. The Morgan fingerprint density at radius 2 is 1.92 bits per heavy atom. The van der Waals surface area contributed by atoms with E-state index < -0.39 is 40.3 Å². The molecule has 1 saturated carbocycles. The maximum absolute atomic E-state index is 13.1. The molecule has 3 fully saturated rings. The molecule has 10 heteroatoms. The lowest BCUT2D eigenvalue weighted by Crippen LogP contribution is -2.40. The number of imide groups is 1. The molecule has 3 atom stereocenters. The summed E-state index contributed by atoms with van der Waals surface area (Å²) in [5.41, 5.74) is -2.89. The fourth-order valence-corrected chi connectivity index (χ4v) is 4.21. The van der Waals surface area contributed by atoms with Crippen molar-refractivity contribution in [3.05, 3.63) is 33.9 Å².